The first-order valence-corrected chi connectivity index (χ1v) is 12.3. The molecule has 42 heavy (non-hydrogen) atoms. The first-order chi connectivity index (χ1) is 19.8. The van der Waals surface area contributed by atoms with E-state index in [-0.39, 0.29) is 11.5 Å². The second-order valence-electron chi connectivity index (χ2n) is 9.16. The molecule has 228 valence electrons. The van der Waals surface area contributed by atoms with Crippen LogP contribution in [0.1, 0.15) is 6.92 Å². The summed E-state index contributed by atoms with van der Waals surface area (Å²) in [6.07, 6.45) is -14.7. The molecule has 1 aliphatic rings. The molecule has 0 bridgehead atoms. The Balaban J connectivity index is 1.53. The van der Waals surface area contributed by atoms with Crippen LogP contribution in [-0.2, 0) is 18.9 Å². The Morgan fingerprint density at radius 3 is 2.05 bits per heavy atom. The molecule has 1 amide bonds. The van der Waals surface area contributed by atoms with E-state index in [4.69, 9.17) is 18.9 Å². The topological polar surface area (TPSA) is 117 Å². The number of hydrogen-bond donors (Lipinski definition) is 1. The highest BCUT2D eigenvalue weighted by atomic mass is 19.4. The van der Waals surface area contributed by atoms with Crippen LogP contribution in [0.15, 0.2) is 54.9 Å². The van der Waals surface area contributed by atoms with E-state index in [2.05, 4.69) is 14.8 Å². The summed E-state index contributed by atoms with van der Waals surface area (Å²) in [6, 6.07) is 10.6. The standard InChI is InChI=1S/C26H27F5N4O7/c1-14-19(38-2)20(39-3)21(40-4)23(41-14)35(24(36)37)17-7-5-15(6-8-17)22-32-13-34(33-22)16-9-11-18(12-10-16)42-26(30,31)25(27,28)29/h5-14,19-21,23H,1-4H3,(H,36,37)/t14-,19-,20+,21+,23-/m0/s1. The third kappa shape index (κ3) is 6.16. The van der Waals surface area contributed by atoms with Crippen molar-refractivity contribution in [1.29, 1.82) is 0 Å². The van der Waals surface area contributed by atoms with Gasteiger partial charge in [-0.3, -0.25) is 0 Å². The Bertz CT molecular complexity index is 1350. The summed E-state index contributed by atoms with van der Waals surface area (Å²) in [6.45, 7) is 1.74. The number of nitrogens with zero attached hydrogens (tertiary/aromatic N) is 4. The lowest BCUT2D eigenvalue weighted by atomic mass is 9.97. The molecule has 11 nitrogen and oxygen atoms in total. The molecule has 4 rings (SSSR count). The highest BCUT2D eigenvalue weighted by molar-refractivity contribution is 5.87. The second kappa shape index (κ2) is 12.2. The van der Waals surface area contributed by atoms with Gasteiger partial charge in [0.05, 0.1) is 11.8 Å². The number of benzene rings is 2. The van der Waals surface area contributed by atoms with Crippen molar-refractivity contribution in [2.24, 2.45) is 0 Å². The molecule has 5 atom stereocenters. The van der Waals surface area contributed by atoms with Crippen LogP contribution in [-0.4, -0.2) is 90.2 Å². The average Bonchev–Trinajstić information content (AvgIpc) is 3.43. The van der Waals surface area contributed by atoms with Crippen LogP contribution >= 0.6 is 0 Å². The minimum atomic E-state index is -5.86. The van der Waals surface area contributed by atoms with Crippen LogP contribution in [0.5, 0.6) is 5.75 Å². The molecular weight excluding hydrogens is 575 g/mol. The van der Waals surface area contributed by atoms with Gasteiger partial charge in [0, 0.05) is 32.6 Å². The number of rotatable bonds is 9. The van der Waals surface area contributed by atoms with Gasteiger partial charge in [-0.05, 0) is 55.5 Å². The van der Waals surface area contributed by atoms with Crippen molar-refractivity contribution in [2.45, 2.75) is 49.9 Å². The molecule has 16 heteroatoms. The van der Waals surface area contributed by atoms with E-state index in [0.29, 0.717) is 11.3 Å². The van der Waals surface area contributed by atoms with Gasteiger partial charge < -0.3 is 28.8 Å². The molecule has 2 aromatic carbocycles. The Labute approximate surface area is 236 Å². The van der Waals surface area contributed by atoms with Crippen LogP contribution in [0.3, 0.4) is 0 Å². The Morgan fingerprint density at radius 1 is 0.929 bits per heavy atom. The first kappa shape index (κ1) is 31.1. The van der Waals surface area contributed by atoms with Crippen molar-refractivity contribution in [2.75, 3.05) is 26.2 Å². The predicted molar refractivity (Wildman–Crippen MR) is 136 cm³/mol. The molecule has 1 N–H and O–H groups in total. The SMILES string of the molecule is CO[C@@H]1[C@@H](OC)[C@H](C)O[C@H](N(C(=O)O)c2ccc(-c3ncn(-c4ccc(OC(F)(F)C(F)(F)F)cc4)n3)cc2)[C@@H]1OC. The number of carboxylic acid groups (broad SMARTS) is 1. The molecule has 1 aliphatic heterocycles. The molecular formula is C26H27F5N4O7. The van der Waals surface area contributed by atoms with Crippen molar-refractivity contribution in [3.05, 3.63) is 54.9 Å². The summed E-state index contributed by atoms with van der Waals surface area (Å²) < 4.78 is 91.1. The quantitative estimate of drug-likeness (QED) is 0.347. The summed E-state index contributed by atoms with van der Waals surface area (Å²) in [5, 5.41) is 14.4. The molecule has 1 saturated heterocycles. The molecule has 1 aromatic heterocycles. The van der Waals surface area contributed by atoms with Crippen LogP contribution in [0.4, 0.5) is 32.4 Å². The second-order valence-corrected chi connectivity index (χ2v) is 9.16. The van der Waals surface area contributed by atoms with Gasteiger partial charge in [0.2, 0.25) is 0 Å². The smallest absolute Gasteiger partial charge is 0.465 e. The maximum Gasteiger partial charge on any atom is 0.499 e. The fraction of sp³-hybridized carbons (Fsp3) is 0.423. The summed E-state index contributed by atoms with van der Waals surface area (Å²) in [4.78, 5) is 17.6. The number of methoxy groups -OCH3 is 3. The van der Waals surface area contributed by atoms with Gasteiger partial charge in [-0.2, -0.15) is 22.0 Å². The third-order valence-corrected chi connectivity index (χ3v) is 6.60. The minimum absolute atomic E-state index is 0.229. The summed E-state index contributed by atoms with van der Waals surface area (Å²) in [5.74, 6) is -0.464. The third-order valence-electron chi connectivity index (χ3n) is 6.60. The maximum absolute atomic E-state index is 13.1. The number of hydrogen-bond acceptors (Lipinski definition) is 8. The lowest BCUT2D eigenvalue weighted by Crippen LogP contribution is -2.64. The number of alkyl halides is 5. The molecule has 0 radical (unpaired) electrons. The zero-order chi connectivity index (χ0) is 30.8. The number of carbonyl (C=O) groups is 1. The molecule has 2 heterocycles. The largest absolute Gasteiger partial charge is 0.499 e. The van der Waals surface area contributed by atoms with Gasteiger partial charge in [0.1, 0.15) is 30.4 Å². The number of ether oxygens (including phenoxy) is 5. The van der Waals surface area contributed by atoms with Crippen LogP contribution in [0.2, 0.25) is 0 Å². The van der Waals surface area contributed by atoms with Crippen molar-refractivity contribution in [3.63, 3.8) is 0 Å². The Morgan fingerprint density at radius 2 is 1.52 bits per heavy atom. The zero-order valence-electron chi connectivity index (χ0n) is 22.7. The minimum Gasteiger partial charge on any atom is -0.465 e. The zero-order valence-corrected chi connectivity index (χ0v) is 22.7. The van der Waals surface area contributed by atoms with E-state index in [0.717, 1.165) is 17.0 Å². The number of aromatic nitrogens is 3. The predicted octanol–water partition coefficient (Wildman–Crippen LogP) is 4.74. The number of anilines is 1. The highest BCUT2D eigenvalue weighted by Gasteiger charge is 2.61. The fourth-order valence-corrected chi connectivity index (χ4v) is 4.57. The van der Waals surface area contributed by atoms with Gasteiger partial charge in [0.15, 0.2) is 12.1 Å². The van der Waals surface area contributed by atoms with Gasteiger partial charge in [-0.25, -0.2) is 19.4 Å². The Hall–Kier alpha value is -3.86. The van der Waals surface area contributed by atoms with Gasteiger partial charge in [-0.1, -0.05) is 0 Å². The van der Waals surface area contributed by atoms with Crippen molar-refractivity contribution in [1.82, 2.24) is 14.8 Å². The van der Waals surface area contributed by atoms with Crippen molar-refractivity contribution < 1.29 is 55.5 Å². The molecule has 0 aliphatic carbocycles. The van der Waals surface area contributed by atoms with E-state index in [9.17, 15) is 31.9 Å². The van der Waals surface area contributed by atoms with E-state index in [1.807, 2.05) is 0 Å². The fourth-order valence-electron chi connectivity index (χ4n) is 4.57. The van der Waals surface area contributed by atoms with E-state index in [1.54, 1.807) is 19.1 Å². The van der Waals surface area contributed by atoms with E-state index in [1.165, 1.54) is 56.6 Å². The number of amides is 1. The van der Waals surface area contributed by atoms with Gasteiger partial charge in [0.25, 0.3) is 0 Å². The van der Waals surface area contributed by atoms with E-state index >= 15 is 0 Å². The van der Waals surface area contributed by atoms with Crippen LogP contribution in [0, 0.1) is 0 Å². The van der Waals surface area contributed by atoms with Gasteiger partial charge >= 0.3 is 18.4 Å². The Kier molecular flexibility index (Phi) is 9.01. The molecule has 0 spiro atoms. The summed E-state index contributed by atoms with van der Waals surface area (Å²) in [7, 11) is 4.38. The van der Waals surface area contributed by atoms with Crippen LogP contribution in [0.25, 0.3) is 17.1 Å². The first-order valence-electron chi connectivity index (χ1n) is 12.3. The molecule has 0 saturated carbocycles. The molecule has 1 fully saturated rings. The van der Waals surface area contributed by atoms with Crippen molar-refractivity contribution >= 4 is 11.8 Å². The maximum atomic E-state index is 13.1. The van der Waals surface area contributed by atoms with Crippen LogP contribution < -0.4 is 9.64 Å². The molecule has 0 unspecified atom stereocenters. The lowest BCUT2D eigenvalue weighted by molar-refractivity contribution is -0.360. The van der Waals surface area contributed by atoms with Gasteiger partial charge in [-0.15, -0.1) is 5.10 Å². The number of halogens is 5. The van der Waals surface area contributed by atoms with Crippen molar-refractivity contribution in [3.8, 4) is 22.8 Å². The average molecular weight is 603 g/mol. The molecule has 3 aromatic rings. The lowest BCUT2D eigenvalue weighted by Gasteiger charge is -2.46. The normalized spacial score (nSPS) is 23.0. The highest BCUT2D eigenvalue weighted by Crippen LogP contribution is 2.37. The summed E-state index contributed by atoms with van der Waals surface area (Å²) >= 11 is 0. The van der Waals surface area contributed by atoms with E-state index < -0.39 is 54.8 Å². The summed E-state index contributed by atoms with van der Waals surface area (Å²) in [5.41, 5.74) is 1.08. The monoisotopic (exact) mass is 602 g/mol.